The van der Waals surface area contributed by atoms with Crippen LogP contribution in [0, 0.1) is 11.6 Å². The fraction of sp³-hybridized carbons (Fsp3) is 0.370. The summed E-state index contributed by atoms with van der Waals surface area (Å²) in [5.41, 5.74) is -0.203. The van der Waals surface area contributed by atoms with Crippen LogP contribution in [0.1, 0.15) is 47.0 Å². The Balaban J connectivity index is 1.64. The number of ether oxygens (including phenoxy) is 1. The number of benzene rings is 2. The summed E-state index contributed by atoms with van der Waals surface area (Å²) in [6, 6.07) is 11.4. The molecule has 4 rings (SSSR count). The first-order valence-electron chi connectivity index (χ1n) is 12.2. The highest BCUT2D eigenvalue weighted by Crippen LogP contribution is 2.41. The van der Waals surface area contributed by atoms with Crippen molar-refractivity contribution in [1.29, 1.82) is 0 Å². The van der Waals surface area contributed by atoms with E-state index in [0.717, 1.165) is 24.2 Å². The van der Waals surface area contributed by atoms with Crippen LogP contribution in [0.3, 0.4) is 0 Å². The molecule has 7 nitrogen and oxygen atoms in total. The van der Waals surface area contributed by atoms with Crippen molar-refractivity contribution in [2.24, 2.45) is 0 Å². The second-order valence-corrected chi connectivity index (χ2v) is 10.4. The molecule has 1 aliphatic heterocycles. The zero-order valence-corrected chi connectivity index (χ0v) is 22.1. The van der Waals surface area contributed by atoms with Gasteiger partial charge in [-0.05, 0) is 82.1 Å². The summed E-state index contributed by atoms with van der Waals surface area (Å²) in [6.07, 6.45) is 2.16. The van der Waals surface area contributed by atoms with E-state index in [4.69, 9.17) is 4.74 Å². The Labute approximate surface area is 219 Å². The molecule has 1 saturated heterocycles. The maximum Gasteiger partial charge on any atom is 0.253 e. The van der Waals surface area contributed by atoms with Gasteiger partial charge < -0.3 is 4.74 Å². The van der Waals surface area contributed by atoms with E-state index in [0.29, 0.717) is 28.6 Å². The maximum absolute atomic E-state index is 13.6. The molecule has 10 heteroatoms. The number of nitrogens with one attached hydrogen (secondary N) is 1. The van der Waals surface area contributed by atoms with Crippen LogP contribution in [0.2, 0.25) is 0 Å². The molecule has 0 radical (unpaired) electrons. The molecule has 196 valence electrons. The maximum atomic E-state index is 13.6. The number of amides is 2. The minimum Gasteiger partial charge on any atom is -0.444 e. The predicted octanol–water partition coefficient (Wildman–Crippen LogP) is 6.24. The van der Waals surface area contributed by atoms with Gasteiger partial charge in [-0.1, -0.05) is 18.3 Å². The third kappa shape index (κ3) is 5.80. The van der Waals surface area contributed by atoms with Crippen molar-refractivity contribution in [2.45, 2.75) is 58.5 Å². The normalized spacial score (nSPS) is 16.0. The zero-order chi connectivity index (χ0) is 26.7. The van der Waals surface area contributed by atoms with Gasteiger partial charge in [0.2, 0.25) is 11.0 Å². The smallest absolute Gasteiger partial charge is 0.253 e. The lowest BCUT2D eigenvalue weighted by molar-refractivity contribution is -0.170. The molecule has 2 amide bonds. The molecule has 0 aliphatic carbocycles. The number of hydrazine groups is 1. The third-order valence-corrected chi connectivity index (χ3v) is 7.21. The van der Waals surface area contributed by atoms with E-state index in [-0.39, 0.29) is 23.5 Å². The summed E-state index contributed by atoms with van der Waals surface area (Å²) in [7, 11) is 0. The van der Waals surface area contributed by atoms with Crippen molar-refractivity contribution in [3.05, 3.63) is 60.2 Å². The number of halogens is 2. The second kappa shape index (κ2) is 10.9. The van der Waals surface area contributed by atoms with E-state index < -0.39 is 23.1 Å². The number of rotatable bonds is 8. The number of thiazole rings is 1. The first kappa shape index (κ1) is 26.7. The third-order valence-electron chi connectivity index (χ3n) is 6.36. The molecular formula is C27H30F2N4O3S. The Bertz CT molecular complexity index is 1260. The lowest BCUT2D eigenvalue weighted by Gasteiger charge is -2.44. The number of nitrogens with zero attached hydrogens (tertiary/aromatic N) is 3. The Morgan fingerprint density at radius 3 is 2.32 bits per heavy atom. The summed E-state index contributed by atoms with van der Waals surface area (Å²) in [5, 5.41) is 7.00. The molecule has 1 unspecified atom stereocenters. The second-order valence-electron chi connectivity index (χ2n) is 9.44. The van der Waals surface area contributed by atoms with Crippen LogP contribution in [-0.2, 0) is 9.59 Å². The quantitative estimate of drug-likeness (QED) is 0.375. The monoisotopic (exact) mass is 528 g/mol. The number of hydrogen-bond acceptors (Lipinski definition) is 6. The number of carbonyl (C=O) groups excluding carboxylic acids is 2. The topological polar surface area (TPSA) is 74.8 Å². The van der Waals surface area contributed by atoms with Crippen LogP contribution < -0.4 is 10.1 Å². The molecule has 1 fully saturated rings. The van der Waals surface area contributed by atoms with E-state index in [2.05, 4.69) is 10.3 Å². The Morgan fingerprint density at radius 1 is 1.14 bits per heavy atom. The minimum absolute atomic E-state index is 0.139. The molecule has 0 saturated carbocycles. The average molecular weight is 529 g/mol. The summed E-state index contributed by atoms with van der Waals surface area (Å²) in [4.78, 5) is 31.1. The number of carbonyl (C=O) groups is 2. The lowest BCUT2D eigenvalue weighted by atomic mass is 10.0. The first-order chi connectivity index (χ1) is 17.6. The zero-order valence-electron chi connectivity index (χ0n) is 21.3. The first-order valence-corrected chi connectivity index (χ1v) is 13.0. The van der Waals surface area contributed by atoms with Gasteiger partial charge in [-0.2, -0.15) is 0 Å². The van der Waals surface area contributed by atoms with Crippen molar-refractivity contribution in [1.82, 2.24) is 15.0 Å². The van der Waals surface area contributed by atoms with Crippen LogP contribution in [-0.4, -0.2) is 44.9 Å². The van der Waals surface area contributed by atoms with Gasteiger partial charge in [-0.25, -0.2) is 18.8 Å². The van der Waals surface area contributed by atoms with Gasteiger partial charge in [0.15, 0.2) is 5.13 Å². The number of anilines is 1. The van der Waals surface area contributed by atoms with Gasteiger partial charge in [0.1, 0.15) is 28.6 Å². The van der Waals surface area contributed by atoms with Crippen LogP contribution in [0.5, 0.6) is 10.8 Å². The largest absolute Gasteiger partial charge is 0.444 e. The summed E-state index contributed by atoms with van der Waals surface area (Å²) in [6.45, 7) is 7.95. The van der Waals surface area contributed by atoms with Gasteiger partial charge in [-0.3, -0.25) is 19.9 Å². The predicted molar refractivity (Wildman–Crippen MR) is 139 cm³/mol. The summed E-state index contributed by atoms with van der Waals surface area (Å²) >= 11 is 1.09. The van der Waals surface area contributed by atoms with E-state index >= 15 is 0 Å². The van der Waals surface area contributed by atoms with Gasteiger partial charge >= 0.3 is 0 Å². The van der Waals surface area contributed by atoms with Crippen LogP contribution in [0.4, 0.5) is 13.9 Å². The van der Waals surface area contributed by atoms with E-state index in [9.17, 15) is 18.4 Å². The Hall–Kier alpha value is -3.37. The highest BCUT2D eigenvalue weighted by Gasteiger charge is 2.43. The van der Waals surface area contributed by atoms with Crippen LogP contribution in [0.25, 0.3) is 11.3 Å². The molecule has 0 spiro atoms. The molecule has 1 aliphatic rings. The number of hydrogen-bond donors (Lipinski definition) is 1. The average Bonchev–Trinajstić information content (AvgIpc) is 3.46. The van der Waals surface area contributed by atoms with E-state index in [1.54, 1.807) is 37.9 Å². The Morgan fingerprint density at radius 2 is 1.76 bits per heavy atom. The molecule has 0 bridgehead atoms. The standard InChI is InChI=1S/C27H30F2N4O3S/c1-5-22(34)33(32-16-6-7-17(32)2)27(3,4)25(35)31-26-30-23(18-8-10-19(28)11-9-18)24(37-26)36-21-14-12-20(29)13-15-21/h8-15,17H,5-7,16H2,1-4H3,(H,30,31,35). The summed E-state index contributed by atoms with van der Waals surface area (Å²) in [5.74, 6) is -0.952. The fourth-order valence-corrected chi connectivity index (χ4v) is 5.17. The Kier molecular flexibility index (Phi) is 7.89. The van der Waals surface area contributed by atoms with Gasteiger partial charge in [0.05, 0.1) is 0 Å². The van der Waals surface area contributed by atoms with Crippen molar-refractivity contribution < 1.29 is 23.1 Å². The van der Waals surface area contributed by atoms with Crippen molar-refractivity contribution in [2.75, 3.05) is 11.9 Å². The molecule has 37 heavy (non-hydrogen) atoms. The van der Waals surface area contributed by atoms with Crippen molar-refractivity contribution in [3.8, 4) is 22.1 Å². The fourth-order valence-electron chi connectivity index (χ4n) is 4.32. The number of aromatic nitrogens is 1. The van der Waals surface area contributed by atoms with Gasteiger partial charge in [-0.15, -0.1) is 0 Å². The van der Waals surface area contributed by atoms with Crippen molar-refractivity contribution in [3.63, 3.8) is 0 Å². The molecule has 1 N–H and O–H groups in total. The highest BCUT2D eigenvalue weighted by atomic mass is 32.1. The molecular weight excluding hydrogens is 498 g/mol. The van der Waals surface area contributed by atoms with Crippen LogP contribution in [0.15, 0.2) is 48.5 Å². The molecule has 2 heterocycles. The van der Waals surface area contributed by atoms with Crippen LogP contribution >= 0.6 is 11.3 Å². The van der Waals surface area contributed by atoms with Gasteiger partial charge in [0.25, 0.3) is 5.91 Å². The van der Waals surface area contributed by atoms with Crippen molar-refractivity contribution >= 4 is 28.3 Å². The lowest BCUT2D eigenvalue weighted by Crippen LogP contribution is -2.62. The van der Waals surface area contributed by atoms with E-state index in [1.807, 2.05) is 11.9 Å². The molecule has 1 aromatic heterocycles. The summed E-state index contributed by atoms with van der Waals surface area (Å²) < 4.78 is 32.9. The highest BCUT2D eigenvalue weighted by molar-refractivity contribution is 7.18. The van der Waals surface area contributed by atoms with E-state index in [1.165, 1.54) is 36.4 Å². The molecule has 1 atom stereocenters. The minimum atomic E-state index is -1.19. The molecule has 3 aromatic rings. The van der Waals surface area contributed by atoms with Gasteiger partial charge in [0, 0.05) is 24.6 Å². The molecule has 2 aromatic carbocycles. The SMILES string of the molecule is CCC(=O)N(N1CCCC1C)C(C)(C)C(=O)Nc1nc(-c2ccc(F)cc2)c(Oc2ccc(F)cc2)s1.